The molecule has 2 aromatic heterocycles. The number of nitrogens with zero attached hydrogens (tertiary/aromatic N) is 2. The molecule has 3 heterocycles. The molecule has 3 aromatic rings. The number of pyridine rings is 1. The van der Waals surface area contributed by atoms with Gasteiger partial charge in [0, 0.05) is 0 Å². The summed E-state index contributed by atoms with van der Waals surface area (Å²) in [6.45, 7) is 1.67. The summed E-state index contributed by atoms with van der Waals surface area (Å²) in [5, 5.41) is 5.89. The lowest BCUT2D eigenvalue weighted by molar-refractivity contribution is 0.367. The molecule has 0 saturated carbocycles. The average Bonchev–Trinajstić information content (AvgIpc) is 3.20. The zero-order valence-electron chi connectivity index (χ0n) is 15.6. The quantitative estimate of drug-likeness (QED) is 0.564. The summed E-state index contributed by atoms with van der Waals surface area (Å²) >= 11 is 0. The van der Waals surface area contributed by atoms with E-state index in [4.69, 9.17) is 0 Å². The van der Waals surface area contributed by atoms with E-state index in [9.17, 15) is 8.42 Å². The predicted molar refractivity (Wildman–Crippen MR) is 111 cm³/mol. The van der Waals surface area contributed by atoms with E-state index in [1.54, 1.807) is 12.4 Å². The van der Waals surface area contributed by atoms with Gasteiger partial charge in [-0.15, -0.1) is 0 Å². The van der Waals surface area contributed by atoms with Gasteiger partial charge in [0.2, 0.25) is 0 Å². The first kappa shape index (κ1) is 18.9. The normalized spacial score (nSPS) is 16.9. The van der Waals surface area contributed by atoms with Gasteiger partial charge in [-0.25, -0.2) is 18.4 Å². The highest BCUT2D eigenvalue weighted by molar-refractivity contribution is 7.92. The van der Waals surface area contributed by atoms with Crippen LogP contribution in [0.5, 0.6) is 0 Å². The molecule has 0 bridgehead atoms. The number of aromatic nitrogens is 3. The van der Waals surface area contributed by atoms with Gasteiger partial charge >= 0.3 is 0 Å². The molecule has 4 rings (SSSR count). The summed E-state index contributed by atoms with van der Waals surface area (Å²) in [4.78, 5) is 11.6. The number of benzene rings is 1. The first-order valence-electron chi connectivity index (χ1n) is 9.65. The minimum atomic E-state index is -3.37. The molecule has 1 aliphatic heterocycles. The molecule has 7 nitrogen and oxygen atoms in total. The van der Waals surface area contributed by atoms with Gasteiger partial charge in [0.15, 0.2) is 15.5 Å². The zero-order chi connectivity index (χ0) is 19.4. The number of H-pyrrole nitrogens is 1. The fourth-order valence-electron chi connectivity index (χ4n) is 3.73. The smallest absolute Gasteiger partial charge is 0.179 e. The van der Waals surface area contributed by atoms with Crippen molar-refractivity contribution in [2.24, 2.45) is 5.92 Å². The SMILES string of the molecule is O=S(=O)(CCc1ccccc1)C(Nc1ccc2[nH]cnc2n1)C1CCNCC1. The van der Waals surface area contributed by atoms with E-state index >= 15 is 0 Å². The predicted octanol–water partition coefficient (Wildman–Crippen LogP) is 2.35. The molecule has 1 aliphatic rings. The van der Waals surface area contributed by atoms with Crippen molar-refractivity contribution in [3.05, 3.63) is 54.4 Å². The Hall–Kier alpha value is -2.45. The van der Waals surface area contributed by atoms with Gasteiger partial charge < -0.3 is 15.6 Å². The van der Waals surface area contributed by atoms with E-state index in [1.165, 1.54) is 0 Å². The summed E-state index contributed by atoms with van der Waals surface area (Å²) in [7, 11) is -3.37. The fraction of sp³-hybridized carbons (Fsp3) is 0.400. The molecule has 0 amide bonds. The van der Waals surface area contributed by atoms with Crippen LogP contribution in [0.25, 0.3) is 11.2 Å². The van der Waals surface area contributed by atoms with Crippen LogP contribution >= 0.6 is 0 Å². The van der Waals surface area contributed by atoms with E-state index < -0.39 is 15.2 Å². The Morgan fingerprint density at radius 2 is 1.89 bits per heavy atom. The maximum atomic E-state index is 13.3. The molecule has 28 heavy (non-hydrogen) atoms. The van der Waals surface area contributed by atoms with Crippen LogP contribution in [0.1, 0.15) is 18.4 Å². The topological polar surface area (TPSA) is 99.8 Å². The molecule has 1 unspecified atom stereocenters. The van der Waals surface area contributed by atoms with Gasteiger partial charge in [-0.05, 0) is 56.0 Å². The Balaban J connectivity index is 1.56. The van der Waals surface area contributed by atoms with Crippen LogP contribution in [0.15, 0.2) is 48.8 Å². The van der Waals surface area contributed by atoms with Gasteiger partial charge in [-0.2, -0.15) is 0 Å². The highest BCUT2D eigenvalue weighted by Gasteiger charge is 2.34. The maximum absolute atomic E-state index is 13.3. The fourth-order valence-corrected chi connectivity index (χ4v) is 5.66. The van der Waals surface area contributed by atoms with Crippen LogP contribution in [0.3, 0.4) is 0 Å². The summed E-state index contributed by atoms with van der Waals surface area (Å²) in [6, 6.07) is 13.4. The number of hydrogen-bond donors (Lipinski definition) is 3. The van der Waals surface area contributed by atoms with Gasteiger partial charge in [0.25, 0.3) is 0 Å². The minimum absolute atomic E-state index is 0.0544. The number of aromatic amines is 1. The molecule has 148 valence electrons. The number of fused-ring (bicyclic) bond motifs is 1. The summed E-state index contributed by atoms with van der Waals surface area (Å²) < 4.78 is 26.6. The molecule has 0 spiro atoms. The third kappa shape index (κ3) is 4.34. The minimum Gasteiger partial charge on any atom is -0.353 e. The van der Waals surface area contributed by atoms with Crippen molar-refractivity contribution in [1.29, 1.82) is 0 Å². The Bertz CT molecular complexity index is 1010. The van der Waals surface area contributed by atoms with Crippen molar-refractivity contribution in [3.63, 3.8) is 0 Å². The zero-order valence-corrected chi connectivity index (χ0v) is 16.5. The lowest BCUT2D eigenvalue weighted by atomic mass is 9.98. The second kappa shape index (κ2) is 8.28. The molecule has 8 heteroatoms. The Kier molecular flexibility index (Phi) is 5.59. The van der Waals surface area contributed by atoms with Gasteiger partial charge in [0.05, 0.1) is 17.6 Å². The second-order valence-corrected chi connectivity index (χ2v) is 9.47. The number of sulfone groups is 1. The van der Waals surface area contributed by atoms with E-state index in [-0.39, 0.29) is 11.7 Å². The molecule has 1 aromatic carbocycles. The average molecular weight is 400 g/mol. The standard InChI is InChI=1S/C20H25N5O2S/c26-28(27,13-10-15-4-2-1-3-5-15)20(16-8-11-21-12-9-16)25-18-7-6-17-19(24-18)23-14-22-17/h1-7,14,16,20-21H,8-13H2,(H2,22,23,24,25). The maximum Gasteiger partial charge on any atom is 0.179 e. The van der Waals surface area contributed by atoms with Crippen molar-refractivity contribution in [1.82, 2.24) is 20.3 Å². The molecule has 0 radical (unpaired) electrons. The van der Waals surface area contributed by atoms with E-state index in [0.29, 0.717) is 17.9 Å². The lowest BCUT2D eigenvalue weighted by Crippen LogP contribution is -2.43. The van der Waals surface area contributed by atoms with Gasteiger partial charge in [-0.3, -0.25) is 0 Å². The largest absolute Gasteiger partial charge is 0.353 e. The lowest BCUT2D eigenvalue weighted by Gasteiger charge is -2.31. The third-order valence-electron chi connectivity index (χ3n) is 5.29. The molecular weight excluding hydrogens is 374 g/mol. The van der Waals surface area contributed by atoms with Crippen molar-refractivity contribution >= 4 is 26.8 Å². The molecule has 3 N–H and O–H groups in total. The number of imidazole rings is 1. The third-order valence-corrected chi connectivity index (χ3v) is 7.34. The van der Waals surface area contributed by atoms with Crippen molar-refractivity contribution in [2.75, 3.05) is 24.2 Å². The first-order chi connectivity index (χ1) is 13.6. The summed E-state index contributed by atoms with van der Waals surface area (Å²) in [5.74, 6) is 0.716. The van der Waals surface area contributed by atoms with Crippen molar-refractivity contribution in [3.8, 4) is 0 Å². The number of anilines is 1. The molecule has 1 atom stereocenters. The number of rotatable bonds is 7. The summed E-state index contributed by atoms with van der Waals surface area (Å²) in [5.41, 5.74) is 2.44. The Labute approximate surface area is 164 Å². The monoisotopic (exact) mass is 399 g/mol. The highest BCUT2D eigenvalue weighted by atomic mass is 32.2. The van der Waals surface area contributed by atoms with Crippen LogP contribution in [-0.4, -0.2) is 47.6 Å². The van der Waals surface area contributed by atoms with E-state index in [1.807, 2.05) is 36.4 Å². The van der Waals surface area contributed by atoms with Gasteiger partial charge in [-0.1, -0.05) is 30.3 Å². The number of nitrogens with one attached hydrogen (secondary N) is 3. The number of aryl methyl sites for hydroxylation is 1. The number of hydrogen-bond acceptors (Lipinski definition) is 6. The van der Waals surface area contributed by atoms with Crippen molar-refractivity contribution < 1.29 is 8.42 Å². The number of piperidine rings is 1. The van der Waals surface area contributed by atoms with Crippen LogP contribution in [0, 0.1) is 5.92 Å². The molecular formula is C20H25N5O2S. The Morgan fingerprint density at radius 3 is 2.68 bits per heavy atom. The molecule has 1 saturated heterocycles. The Morgan fingerprint density at radius 1 is 1.11 bits per heavy atom. The van der Waals surface area contributed by atoms with Crippen molar-refractivity contribution in [2.45, 2.75) is 24.6 Å². The van der Waals surface area contributed by atoms with Crippen LogP contribution in [0.4, 0.5) is 5.82 Å². The second-order valence-electron chi connectivity index (χ2n) is 7.23. The van der Waals surface area contributed by atoms with E-state index in [2.05, 4.69) is 25.6 Å². The van der Waals surface area contributed by atoms with Gasteiger partial charge in [0.1, 0.15) is 11.2 Å². The van der Waals surface area contributed by atoms with E-state index in [0.717, 1.165) is 37.0 Å². The highest BCUT2D eigenvalue weighted by Crippen LogP contribution is 2.25. The molecule has 1 fully saturated rings. The van der Waals surface area contributed by atoms with Crippen LogP contribution < -0.4 is 10.6 Å². The first-order valence-corrected chi connectivity index (χ1v) is 11.4. The summed E-state index contributed by atoms with van der Waals surface area (Å²) in [6.07, 6.45) is 3.75. The van der Waals surface area contributed by atoms with Crippen LogP contribution in [-0.2, 0) is 16.3 Å². The van der Waals surface area contributed by atoms with Crippen LogP contribution in [0.2, 0.25) is 0 Å². The molecule has 0 aliphatic carbocycles.